The third-order valence-corrected chi connectivity index (χ3v) is 2.98. The van der Waals surface area contributed by atoms with Crippen LogP contribution in [0.3, 0.4) is 0 Å². The summed E-state index contributed by atoms with van der Waals surface area (Å²) in [5.74, 6) is 1.76. The van der Waals surface area contributed by atoms with Crippen molar-refractivity contribution in [3.8, 4) is 11.3 Å². The third-order valence-electron chi connectivity index (χ3n) is 2.67. The summed E-state index contributed by atoms with van der Waals surface area (Å²) >= 11 is 0. The van der Waals surface area contributed by atoms with E-state index < -0.39 is 5.40 Å². The van der Waals surface area contributed by atoms with Crippen LogP contribution < -0.4 is 11.5 Å². The Morgan fingerprint density at radius 3 is 2.26 bits per heavy atom. The molecule has 0 fully saturated rings. The first-order valence-corrected chi connectivity index (χ1v) is 7.15. The highest BCUT2D eigenvalue weighted by Crippen LogP contribution is 2.32. The van der Waals surface area contributed by atoms with E-state index in [-0.39, 0.29) is 0 Å². The van der Waals surface area contributed by atoms with Crippen LogP contribution in [-0.4, -0.2) is 0 Å². The zero-order valence-electron chi connectivity index (χ0n) is 11.8. The number of benzene rings is 1. The Balaban J connectivity index is 0.000000861. The average molecular weight is 278 g/mol. The number of rotatable bonds is 3. The van der Waals surface area contributed by atoms with Gasteiger partial charge in [0.1, 0.15) is 16.9 Å². The van der Waals surface area contributed by atoms with Gasteiger partial charge in [0.15, 0.2) is 0 Å². The molecule has 1 aromatic heterocycles. The molecule has 104 valence electrons. The lowest BCUT2D eigenvalue weighted by Gasteiger charge is -2.21. The van der Waals surface area contributed by atoms with Crippen LogP contribution >= 0.6 is 9.24 Å². The fourth-order valence-corrected chi connectivity index (χ4v) is 2.04. The molecule has 0 aliphatic rings. The van der Waals surface area contributed by atoms with E-state index in [2.05, 4.69) is 16.2 Å². The topological polar surface area (TPSA) is 65.2 Å². The number of aryl methyl sites for hydroxylation is 1. The molecule has 0 radical (unpaired) electrons. The quantitative estimate of drug-likeness (QED) is 0.667. The van der Waals surface area contributed by atoms with Gasteiger partial charge < -0.3 is 15.9 Å². The van der Waals surface area contributed by atoms with Crippen molar-refractivity contribution in [1.29, 1.82) is 0 Å². The molecule has 4 N–H and O–H groups in total. The van der Waals surface area contributed by atoms with Crippen LogP contribution in [0.2, 0.25) is 0 Å². The maximum atomic E-state index is 5.93. The highest BCUT2D eigenvalue weighted by atomic mass is 31.0. The van der Waals surface area contributed by atoms with E-state index in [1.807, 2.05) is 50.2 Å². The predicted molar refractivity (Wildman–Crippen MR) is 84.6 cm³/mol. The normalized spacial score (nSPS) is 10.8. The highest BCUT2D eigenvalue weighted by molar-refractivity contribution is 7.18. The summed E-state index contributed by atoms with van der Waals surface area (Å²) < 4.78 is 5.73. The Bertz CT molecular complexity index is 515. The Kier molecular flexibility index (Phi) is 5.74. The molecule has 1 unspecified atom stereocenters. The Morgan fingerprint density at radius 1 is 1.11 bits per heavy atom. The molecule has 4 heteroatoms. The fourth-order valence-electron chi connectivity index (χ4n) is 1.79. The fraction of sp³-hybridized carbons (Fsp3) is 0.333. The molecule has 0 aliphatic heterocycles. The molecule has 2 rings (SSSR count). The molecule has 19 heavy (non-hydrogen) atoms. The number of hydrogen-bond donors (Lipinski definition) is 2. The van der Waals surface area contributed by atoms with E-state index in [1.54, 1.807) is 0 Å². The Morgan fingerprint density at radius 2 is 1.74 bits per heavy atom. The molecule has 0 saturated heterocycles. The molecule has 0 spiro atoms. The van der Waals surface area contributed by atoms with E-state index in [1.165, 1.54) is 0 Å². The maximum absolute atomic E-state index is 5.93. The Labute approximate surface area is 117 Å². The van der Waals surface area contributed by atoms with Crippen LogP contribution in [0.15, 0.2) is 40.8 Å². The van der Waals surface area contributed by atoms with Gasteiger partial charge in [-0.2, -0.15) is 0 Å². The van der Waals surface area contributed by atoms with E-state index in [9.17, 15) is 0 Å². The number of hydrogen-bond acceptors (Lipinski definition) is 3. The van der Waals surface area contributed by atoms with Crippen molar-refractivity contribution in [2.45, 2.75) is 32.6 Å². The molecular formula is C15H23N2OP. The van der Waals surface area contributed by atoms with Gasteiger partial charge in [-0.25, -0.2) is 0 Å². The zero-order valence-corrected chi connectivity index (χ0v) is 13.0. The summed E-state index contributed by atoms with van der Waals surface area (Å²) in [6, 6.07) is 11.7. The van der Waals surface area contributed by atoms with Gasteiger partial charge in [-0.15, -0.1) is 0 Å². The second kappa shape index (κ2) is 6.85. The minimum absolute atomic E-state index is 0.806. The molecule has 1 atom stereocenters. The molecule has 2 aromatic rings. The molecule has 0 saturated carbocycles. The van der Waals surface area contributed by atoms with Crippen LogP contribution in [0.4, 0.5) is 0 Å². The monoisotopic (exact) mass is 278 g/mol. The van der Waals surface area contributed by atoms with Crippen molar-refractivity contribution in [2.75, 3.05) is 0 Å². The van der Waals surface area contributed by atoms with E-state index >= 15 is 0 Å². The highest BCUT2D eigenvalue weighted by Gasteiger charge is 2.20. The molecular weight excluding hydrogens is 255 g/mol. The third kappa shape index (κ3) is 3.90. The van der Waals surface area contributed by atoms with E-state index in [0.717, 1.165) is 29.1 Å². The minimum Gasteiger partial charge on any atom is -0.461 e. The van der Waals surface area contributed by atoms with Crippen molar-refractivity contribution in [1.82, 2.24) is 0 Å². The lowest BCUT2D eigenvalue weighted by atomic mass is 10.0. The van der Waals surface area contributed by atoms with Crippen LogP contribution in [-0.2, 0) is 11.8 Å². The summed E-state index contributed by atoms with van der Waals surface area (Å²) in [5, 5.41) is -0.949. The van der Waals surface area contributed by atoms with Crippen molar-refractivity contribution in [3.05, 3.63) is 47.7 Å². The zero-order chi connectivity index (χ0) is 14.5. The van der Waals surface area contributed by atoms with E-state index in [0.29, 0.717) is 0 Å². The summed E-state index contributed by atoms with van der Waals surface area (Å²) in [6.07, 6.45) is 0.874. The second-order valence-electron chi connectivity index (χ2n) is 4.10. The summed E-state index contributed by atoms with van der Waals surface area (Å²) in [4.78, 5) is 0. The lowest BCUT2D eigenvalue weighted by molar-refractivity contribution is 0.527. The van der Waals surface area contributed by atoms with Crippen LogP contribution in [0.25, 0.3) is 11.3 Å². The number of nitrogens with two attached hydrogens (primary N) is 2. The van der Waals surface area contributed by atoms with Crippen molar-refractivity contribution in [3.63, 3.8) is 0 Å². The minimum atomic E-state index is -0.949. The maximum Gasteiger partial charge on any atom is 0.134 e. The van der Waals surface area contributed by atoms with Crippen molar-refractivity contribution >= 4 is 9.24 Å². The molecule has 0 amide bonds. The first kappa shape index (κ1) is 15.9. The van der Waals surface area contributed by atoms with Crippen LogP contribution in [0.1, 0.15) is 32.1 Å². The van der Waals surface area contributed by atoms with Crippen molar-refractivity contribution < 1.29 is 4.42 Å². The number of furan rings is 1. The first-order valence-electron chi connectivity index (χ1n) is 6.57. The van der Waals surface area contributed by atoms with Gasteiger partial charge in [-0.3, -0.25) is 0 Å². The Hall–Kier alpha value is -1.15. The van der Waals surface area contributed by atoms with Crippen LogP contribution in [0, 0.1) is 0 Å². The molecule has 1 aromatic carbocycles. The van der Waals surface area contributed by atoms with Gasteiger partial charge in [-0.05, 0) is 12.1 Å². The molecule has 1 heterocycles. The van der Waals surface area contributed by atoms with Gasteiger partial charge in [0.2, 0.25) is 0 Å². The van der Waals surface area contributed by atoms with Gasteiger partial charge in [0, 0.05) is 17.5 Å². The largest absolute Gasteiger partial charge is 0.461 e. The van der Waals surface area contributed by atoms with Crippen LogP contribution in [0.5, 0.6) is 0 Å². The lowest BCUT2D eigenvalue weighted by Crippen LogP contribution is -2.39. The summed E-state index contributed by atoms with van der Waals surface area (Å²) in [5.41, 5.74) is 13.7. The molecule has 0 aliphatic carbocycles. The average Bonchev–Trinajstić information content (AvgIpc) is 2.89. The van der Waals surface area contributed by atoms with Gasteiger partial charge in [0.05, 0.1) is 0 Å². The smallest absolute Gasteiger partial charge is 0.134 e. The van der Waals surface area contributed by atoms with E-state index in [4.69, 9.17) is 15.9 Å². The molecule has 3 nitrogen and oxygen atoms in total. The molecule has 0 bridgehead atoms. The summed E-state index contributed by atoms with van der Waals surface area (Å²) in [6.45, 7) is 6.06. The van der Waals surface area contributed by atoms with Gasteiger partial charge in [0.25, 0.3) is 0 Å². The SMILES string of the molecule is CC.CCc1ccc(-c2ccccc2C(N)(N)P)o1. The standard InChI is InChI=1S/C13H17N2OP.C2H6/c1-2-9-7-8-12(16-9)10-5-3-4-6-11(10)13(14,15)17;1-2/h3-8H,2,14-15,17H2,1H3;1-2H3. The van der Waals surface area contributed by atoms with Gasteiger partial charge in [-0.1, -0.05) is 54.3 Å². The predicted octanol–water partition coefficient (Wildman–Crippen LogP) is 3.44. The van der Waals surface area contributed by atoms with Gasteiger partial charge >= 0.3 is 0 Å². The summed E-state index contributed by atoms with van der Waals surface area (Å²) in [7, 11) is 2.45. The second-order valence-corrected chi connectivity index (χ2v) is 5.05. The first-order chi connectivity index (χ1) is 9.02. The van der Waals surface area contributed by atoms with Crippen molar-refractivity contribution in [2.24, 2.45) is 11.5 Å².